The van der Waals surface area contributed by atoms with Gasteiger partial charge in [0.1, 0.15) is 4.60 Å². The van der Waals surface area contributed by atoms with Gasteiger partial charge >= 0.3 is 0 Å². The lowest BCUT2D eigenvalue weighted by Crippen LogP contribution is -1.89. The van der Waals surface area contributed by atoms with Crippen LogP contribution in [0.4, 0.5) is 0 Å². The van der Waals surface area contributed by atoms with E-state index in [4.69, 9.17) is 0 Å². The van der Waals surface area contributed by atoms with E-state index in [0.717, 1.165) is 16.7 Å². The molecule has 1 rings (SSSR count). The largest absolute Gasteiger partial charge is 0.246 e. The average molecular weight is 200 g/mol. The molecule has 1 aromatic rings. The number of aromatic nitrogens is 1. The van der Waals surface area contributed by atoms with Crippen LogP contribution in [0.25, 0.3) is 0 Å². The molecule has 0 spiro atoms. The van der Waals surface area contributed by atoms with Gasteiger partial charge < -0.3 is 0 Å². The second-order valence-corrected chi connectivity index (χ2v) is 3.04. The molecule has 0 atom stereocenters. The molecule has 2 heteroatoms. The van der Waals surface area contributed by atoms with Crippen molar-refractivity contribution < 1.29 is 0 Å². The molecule has 54 valence electrons. The molecule has 0 aromatic carbocycles. The lowest BCUT2D eigenvalue weighted by Gasteiger charge is -2.00. The van der Waals surface area contributed by atoms with Gasteiger partial charge in [0, 0.05) is 5.69 Å². The van der Waals surface area contributed by atoms with Crippen LogP contribution in [0, 0.1) is 6.92 Å². The molecule has 0 bridgehead atoms. The van der Waals surface area contributed by atoms with Crippen LogP contribution in [0.1, 0.15) is 18.2 Å². The molecule has 0 saturated heterocycles. The predicted molar refractivity (Wildman–Crippen MR) is 46.1 cm³/mol. The minimum absolute atomic E-state index is 0.919. The van der Waals surface area contributed by atoms with E-state index in [1.54, 1.807) is 0 Å². The number of nitrogens with zero attached hydrogens (tertiary/aromatic N) is 1. The maximum atomic E-state index is 4.26. The molecule has 0 aliphatic rings. The maximum Gasteiger partial charge on any atom is 0.106 e. The van der Waals surface area contributed by atoms with Gasteiger partial charge in [0.15, 0.2) is 0 Å². The molecular weight excluding hydrogens is 190 g/mol. The molecule has 0 aliphatic carbocycles. The van der Waals surface area contributed by atoms with Crippen molar-refractivity contribution in [1.29, 1.82) is 0 Å². The van der Waals surface area contributed by atoms with Crippen molar-refractivity contribution in [2.24, 2.45) is 0 Å². The van der Waals surface area contributed by atoms with Crippen molar-refractivity contribution in [3.05, 3.63) is 28.0 Å². The average Bonchev–Trinajstić information content (AvgIpc) is 1.88. The van der Waals surface area contributed by atoms with Crippen molar-refractivity contribution in [3.63, 3.8) is 0 Å². The summed E-state index contributed by atoms with van der Waals surface area (Å²) in [6.45, 7) is 4.17. The maximum absolute atomic E-state index is 4.26. The van der Waals surface area contributed by atoms with Crippen molar-refractivity contribution >= 4 is 15.9 Å². The number of halogens is 1. The van der Waals surface area contributed by atoms with Crippen LogP contribution >= 0.6 is 15.9 Å². The van der Waals surface area contributed by atoms with E-state index in [-0.39, 0.29) is 0 Å². The molecule has 0 unspecified atom stereocenters. The summed E-state index contributed by atoms with van der Waals surface area (Å²) in [5, 5.41) is 0. The standard InChI is InChI=1S/C8H10BrN/c1-3-7-4-5-8(9)10-6(7)2/h4-5H,3H2,1-2H3. The molecule has 1 nitrogen and oxygen atoms in total. The van der Waals surface area contributed by atoms with E-state index in [1.165, 1.54) is 5.56 Å². The van der Waals surface area contributed by atoms with Gasteiger partial charge in [0.05, 0.1) is 0 Å². The van der Waals surface area contributed by atoms with Gasteiger partial charge in [-0.2, -0.15) is 0 Å². The summed E-state index contributed by atoms with van der Waals surface area (Å²) >= 11 is 3.31. The SMILES string of the molecule is CCc1ccc(Br)nc1C. The molecule has 10 heavy (non-hydrogen) atoms. The molecule has 0 fully saturated rings. The zero-order valence-corrected chi connectivity index (χ0v) is 7.77. The highest BCUT2D eigenvalue weighted by molar-refractivity contribution is 9.10. The van der Waals surface area contributed by atoms with E-state index in [1.807, 2.05) is 13.0 Å². The highest BCUT2D eigenvalue weighted by Crippen LogP contribution is 2.11. The van der Waals surface area contributed by atoms with Crippen LogP contribution in [-0.4, -0.2) is 4.98 Å². The van der Waals surface area contributed by atoms with Crippen LogP contribution < -0.4 is 0 Å². The Morgan fingerprint density at radius 2 is 2.20 bits per heavy atom. The molecule has 1 aromatic heterocycles. The van der Waals surface area contributed by atoms with Crippen LogP contribution in [0.5, 0.6) is 0 Å². The highest BCUT2D eigenvalue weighted by atomic mass is 79.9. The van der Waals surface area contributed by atoms with E-state index in [0.29, 0.717) is 0 Å². The minimum Gasteiger partial charge on any atom is -0.246 e. The monoisotopic (exact) mass is 199 g/mol. The summed E-state index contributed by atoms with van der Waals surface area (Å²) < 4.78 is 0.919. The first kappa shape index (κ1) is 7.73. The second-order valence-electron chi connectivity index (χ2n) is 2.23. The molecule has 0 amide bonds. The lowest BCUT2D eigenvalue weighted by atomic mass is 10.2. The van der Waals surface area contributed by atoms with Crippen LogP contribution in [0.15, 0.2) is 16.7 Å². The minimum atomic E-state index is 0.919. The van der Waals surface area contributed by atoms with E-state index >= 15 is 0 Å². The summed E-state index contributed by atoms with van der Waals surface area (Å²) in [5.74, 6) is 0. The first-order chi connectivity index (χ1) is 4.74. The third-order valence-corrected chi connectivity index (χ3v) is 1.98. The van der Waals surface area contributed by atoms with Gasteiger partial charge in [-0.1, -0.05) is 13.0 Å². The molecule has 0 saturated carbocycles. The summed E-state index contributed by atoms with van der Waals surface area (Å²) in [6, 6.07) is 4.08. The third kappa shape index (κ3) is 1.57. The van der Waals surface area contributed by atoms with Gasteiger partial charge in [0.2, 0.25) is 0 Å². The first-order valence-corrected chi connectivity index (χ1v) is 4.15. The predicted octanol–water partition coefficient (Wildman–Crippen LogP) is 2.71. The van der Waals surface area contributed by atoms with Gasteiger partial charge in [0.25, 0.3) is 0 Å². The lowest BCUT2D eigenvalue weighted by molar-refractivity contribution is 1.04. The Labute approximate surface area is 69.6 Å². The fraction of sp³-hybridized carbons (Fsp3) is 0.375. The Morgan fingerprint density at radius 3 is 2.70 bits per heavy atom. The first-order valence-electron chi connectivity index (χ1n) is 3.36. The Bertz CT molecular complexity index is 233. The number of hydrogen-bond acceptors (Lipinski definition) is 1. The Morgan fingerprint density at radius 1 is 1.50 bits per heavy atom. The smallest absolute Gasteiger partial charge is 0.106 e. The third-order valence-electron chi connectivity index (χ3n) is 1.54. The number of pyridine rings is 1. The van der Waals surface area contributed by atoms with Crippen molar-refractivity contribution in [3.8, 4) is 0 Å². The number of hydrogen-bond donors (Lipinski definition) is 0. The van der Waals surface area contributed by atoms with Gasteiger partial charge in [-0.15, -0.1) is 0 Å². The normalized spacial score (nSPS) is 9.90. The quantitative estimate of drug-likeness (QED) is 0.635. The van der Waals surface area contributed by atoms with Crippen LogP contribution in [0.3, 0.4) is 0 Å². The number of aryl methyl sites for hydroxylation is 2. The fourth-order valence-corrected chi connectivity index (χ4v) is 1.33. The van der Waals surface area contributed by atoms with Gasteiger partial charge in [-0.3, -0.25) is 0 Å². The molecule has 0 N–H and O–H groups in total. The topological polar surface area (TPSA) is 12.9 Å². The Balaban J connectivity index is 3.07. The van der Waals surface area contributed by atoms with Crippen molar-refractivity contribution in [2.45, 2.75) is 20.3 Å². The summed E-state index contributed by atoms with van der Waals surface area (Å²) in [7, 11) is 0. The zero-order valence-electron chi connectivity index (χ0n) is 6.19. The Hall–Kier alpha value is -0.370. The summed E-state index contributed by atoms with van der Waals surface area (Å²) in [5.41, 5.74) is 2.44. The molecular formula is C8H10BrN. The highest BCUT2D eigenvalue weighted by Gasteiger charge is 1.95. The summed E-state index contributed by atoms with van der Waals surface area (Å²) in [6.07, 6.45) is 1.06. The Kier molecular flexibility index (Phi) is 2.44. The van der Waals surface area contributed by atoms with Crippen molar-refractivity contribution in [2.75, 3.05) is 0 Å². The molecule has 0 radical (unpaired) electrons. The van der Waals surface area contributed by atoms with Gasteiger partial charge in [-0.25, -0.2) is 4.98 Å². The van der Waals surface area contributed by atoms with E-state index in [9.17, 15) is 0 Å². The second kappa shape index (κ2) is 3.15. The van der Waals surface area contributed by atoms with Gasteiger partial charge in [-0.05, 0) is 40.9 Å². The van der Waals surface area contributed by atoms with E-state index < -0.39 is 0 Å². The molecule has 1 heterocycles. The molecule has 0 aliphatic heterocycles. The van der Waals surface area contributed by atoms with Crippen LogP contribution in [-0.2, 0) is 6.42 Å². The number of rotatable bonds is 1. The van der Waals surface area contributed by atoms with E-state index in [2.05, 4.69) is 33.9 Å². The summed E-state index contributed by atoms with van der Waals surface area (Å²) in [4.78, 5) is 4.26. The zero-order chi connectivity index (χ0) is 7.56. The van der Waals surface area contributed by atoms with Crippen molar-refractivity contribution in [1.82, 2.24) is 4.98 Å². The fourth-order valence-electron chi connectivity index (χ4n) is 0.933. The van der Waals surface area contributed by atoms with Crippen LogP contribution in [0.2, 0.25) is 0 Å².